The molecule has 0 aromatic heterocycles. The zero-order valence-corrected chi connectivity index (χ0v) is 20.3. The van der Waals surface area contributed by atoms with Gasteiger partial charge in [-0.15, -0.1) is 0 Å². The van der Waals surface area contributed by atoms with E-state index in [-0.39, 0.29) is 30.8 Å². The molecule has 0 heterocycles. The summed E-state index contributed by atoms with van der Waals surface area (Å²) in [5, 5.41) is 5.69. The average molecular weight is 460 g/mol. The molecule has 2 N–H and O–H groups in total. The SMILES string of the molecule is CC[C@@H](C)NC(=O)c1ccccc1NC(=O)CCCN(c1cc(C)ccc1C)S(C)(=O)=O. The van der Waals surface area contributed by atoms with Crippen LogP contribution in [0.15, 0.2) is 42.5 Å². The van der Waals surface area contributed by atoms with Crippen molar-refractivity contribution >= 4 is 33.2 Å². The van der Waals surface area contributed by atoms with Crippen LogP contribution < -0.4 is 14.9 Å². The molecule has 0 aliphatic carbocycles. The van der Waals surface area contributed by atoms with Gasteiger partial charge in [-0.05, 0) is 62.9 Å². The van der Waals surface area contributed by atoms with Crippen LogP contribution in [-0.4, -0.2) is 39.1 Å². The van der Waals surface area contributed by atoms with Crippen LogP contribution in [0.5, 0.6) is 0 Å². The Labute approximate surface area is 191 Å². The predicted octanol–water partition coefficient (Wildman–Crippen LogP) is 4.02. The fourth-order valence-electron chi connectivity index (χ4n) is 3.24. The van der Waals surface area contributed by atoms with Crippen molar-refractivity contribution in [1.82, 2.24) is 5.32 Å². The van der Waals surface area contributed by atoms with Crippen LogP contribution in [0.25, 0.3) is 0 Å². The van der Waals surface area contributed by atoms with Gasteiger partial charge in [-0.2, -0.15) is 0 Å². The maximum Gasteiger partial charge on any atom is 0.253 e. The lowest BCUT2D eigenvalue weighted by molar-refractivity contribution is -0.116. The summed E-state index contributed by atoms with van der Waals surface area (Å²) in [5.41, 5.74) is 3.28. The van der Waals surface area contributed by atoms with Gasteiger partial charge >= 0.3 is 0 Å². The second-order valence-electron chi connectivity index (χ2n) is 8.11. The van der Waals surface area contributed by atoms with Crippen molar-refractivity contribution < 1.29 is 18.0 Å². The number of carbonyl (C=O) groups excluding carboxylic acids is 2. The first-order valence-electron chi connectivity index (χ1n) is 10.8. The maximum absolute atomic E-state index is 12.5. The molecule has 32 heavy (non-hydrogen) atoms. The molecule has 0 unspecified atom stereocenters. The van der Waals surface area contributed by atoms with Crippen molar-refractivity contribution in [1.29, 1.82) is 0 Å². The smallest absolute Gasteiger partial charge is 0.253 e. The van der Waals surface area contributed by atoms with Crippen LogP contribution in [0.3, 0.4) is 0 Å². The Morgan fingerprint density at radius 1 is 1.09 bits per heavy atom. The first-order valence-corrected chi connectivity index (χ1v) is 12.6. The van der Waals surface area contributed by atoms with Gasteiger partial charge in [0.1, 0.15) is 0 Å². The predicted molar refractivity (Wildman–Crippen MR) is 130 cm³/mol. The number of rotatable bonds is 10. The summed E-state index contributed by atoms with van der Waals surface area (Å²) in [6.07, 6.45) is 2.43. The van der Waals surface area contributed by atoms with Crippen molar-refractivity contribution in [2.24, 2.45) is 0 Å². The molecule has 2 aromatic carbocycles. The number of anilines is 2. The minimum Gasteiger partial charge on any atom is -0.350 e. The second-order valence-corrected chi connectivity index (χ2v) is 10.0. The average Bonchev–Trinajstić information content (AvgIpc) is 2.72. The normalized spacial score (nSPS) is 12.2. The molecule has 1 atom stereocenters. The molecule has 2 aromatic rings. The molecular weight excluding hydrogens is 426 g/mol. The number of sulfonamides is 1. The molecular formula is C24H33N3O4S. The van der Waals surface area contributed by atoms with Gasteiger partial charge in [0.25, 0.3) is 5.91 Å². The van der Waals surface area contributed by atoms with E-state index in [1.165, 1.54) is 10.6 Å². The molecule has 0 bridgehead atoms. The van der Waals surface area contributed by atoms with E-state index in [0.717, 1.165) is 17.5 Å². The van der Waals surface area contributed by atoms with Crippen molar-refractivity contribution in [2.75, 3.05) is 22.4 Å². The summed E-state index contributed by atoms with van der Waals surface area (Å²) in [5.74, 6) is -0.517. The van der Waals surface area contributed by atoms with Crippen molar-refractivity contribution in [3.8, 4) is 0 Å². The lowest BCUT2D eigenvalue weighted by Crippen LogP contribution is -2.33. The topological polar surface area (TPSA) is 95.6 Å². The van der Waals surface area contributed by atoms with E-state index in [1.807, 2.05) is 45.9 Å². The van der Waals surface area contributed by atoms with Crippen LogP contribution in [0.2, 0.25) is 0 Å². The molecule has 174 valence electrons. The number of amides is 2. The third kappa shape index (κ3) is 7.09. The minimum atomic E-state index is -3.50. The zero-order chi connectivity index (χ0) is 23.9. The Hall–Kier alpha value is -2.87. The molecule has 0 spiro atoms. The number of hydrogen-bond donors (Lipinski definition) is 2. The fraction of sp³-hybridized carbons (Fsp3) is 0.417. The number of aryl methyl sites for hydroxylation is 2. The Kier molecular flexibility index (Phi) is 8.83. The van der Waals surface area contributed by atoms with Gasteiger partial charge < -0.3 is 10.6 Å². The zero-order valence-electron chi connectivity index (χ0n) is 19.4. The highest BCUT2D eigenvalue weighted by atomic mass is 32.2. The van der Waals surface area contributed by atoms with Gasteiger partial charge in [-0.3, -0.25) is 13.9 Å². The molecule has 7 nitrogen and oxygen atoms in total. The van der Waals surface area contributed by atoms with Gasteiger partial charge in [0.15, 0.2) is 0 Å². The number of nitrogens with zero attached hydrogens (tertiary/aromatic N) is 1. The molecule has 0 saturated heterocycles. The number of nitrogens with one attached hydrogen (secondary N) is 2. The number of hydrogen-bond acceptors (Lipinski definition) is 4. The molecule has 0 fully saturated rings. The summed E-state index contributed by atoms with van der Waals surface area (Å²) in [7, 11) is -3.50. The van der Waals surface area contributed by atoms with Crippen molar-refractivity contribution in [3.63, 3.8) is 0 Å². The van der Waals surface area contributed by atoms with Crippen molar-refractivity contribution in [3.05, 3.63) is 59.2 Å². The highest BCUT2D eigenvalue weighted by molar-refractivity contribution is 7.92. The molecule has 0 saturated carbocycles. The van der Waals surface area contributed by atoms with Crippen LogP contribution >= 0.6 is 0 Å². The standard InChI is InChI=1S/C24H33N3O4S/c1-6-19(4)25-24(29)20-10-7-8-11-21(20)26-23(28)12-9-15-27(32(5,30)31)22-16-17(2)13-14-18(22)3/h7-8,10-11,13-14,16,19H,6,9,12,15H2,1-5H3,(H,25,29)(H,26,28)/t19-/m1/s1. The third-order valence-electron chi connectivity index (χ3n) is 5.23. The third-order valence-corrected chi connectivity index (χ3v) is 6.41. The molecule has 0 aliphatic rings. The van der Waals surface area contributed by atoms with Crippen LogP contribution in [-0.2, 0) is 14.8 Å². The van der Waals surface area contributed by atoms with Gasteiger partial charge in [0.2, 0.25) is 15.9 Å². The molecule has 0 radical (unpaired) electrons. The number of benzene rings is 2. The van der Waals surface area contributed by atoms with Gasteiger partial charge in [-0.25, -0.2) is 8.42 Å². The van der Waals surface area contributed by atoms with E-state index >= 15 is 0 Å². The molecule has 0 aliphatic heterocycles. The second kappa shape index (κ2) is 11.1. The summed E-state index contributed by atoms with van der Waals surface area (Å²) in [6, 6.07) is 12.5. The van der Waals surface area contributed by atoms with Crippen LogP contribution in [0.4, 0.5) is 11.4 Å². The van der Waals surface area contributed by atoms with E-state index in [0.29, 0.717) is 23.4 Å². The lowest BCUT2D eigenvalue weighted by atomic mass is 10.1. The van der Waals surface area contributed by atoms with Crippen molar-refractivity contribution in [2.45, 2.75) is 53.0 Å². The first-order chi connectivity index (χ1) is 15.0. The largest absolute Gasteiger partial charge is 0.350 e. The molecule has 2 rings (SSSR count). The Morgan fingerprint density at radius 2 is 1.78 bits per heavy atom. The minimum absolute atomic E-state index is 0.0262. The van der Waals surface area contributed by atoms with Gasteiger partial charge in [0.05, 0.1) is 23.2 Å². The highest BCUT2D eigenvalue weighted by Gasteiger charge is 2.20. The van der Waals surface area contributed by atoms with Gasteiger partial charge in [0, 0.05) is 19.0 Å². The number of carbonyl (C=O) groups is 2. The fourth-order valence-corrected chi connectivity index (χ4v) is 4.26. The summed E-state index contributed by atoms with van der Waals surface area (Å²) < 4.78 is 26.1. The Morgan fingerprint density at radius 3 is 2.44 bits per heavy atom. The highest BCUT2D eigenvalue weighted by Crippen LogP contribution is 2.24. The van der Waals surface area contributed by atoms with E-state index in [2.05, 4.69) is 10.6 Å². The van der Waals surface area contributed by atoms with E-state index in [4.69, 9.17) is 0 Å². The summed E-state index contributed by atoms with van der Waals surface area (Å²) in [6.45, 7) is 7.86. The molecule has 2 amide bonds. The first kappa shape index (κ1) is 25.4. The Balaban J connectivity index is 2.05. The van der Waals surface area contributed by atoms with Crippen LogP contribution in [0, 0.1) is 13.8 Å². The summed E-state index contributed by atoms with van der Waals surface area (Å²) >= 11 is 0. The number of para-hydroxylation sites is 1. The molecule has 8 heteroatoms. The lowest BCUT2D eigenvalue weighted by Gasteiger charge is -2.24. The van der Waals surface area contributed by atoms with Crippen LogP contribution in [0.1, 0.15) is 54.6 Å². The maximum atomic E-state index is 12.5. The van der Waals surface area contributed by atoms with E-state index < -0.39 is 10.0 Å². The quantitative estimate of drug-likeness (QED) is 0.561. The van der Waals surface area contributed by atoms with E-state index in [1.54, 1.807) is 24.3 Å². The summed E-state index contributed by atoms with van der Waals surface area (Å²) in [4.78, 5) is 25.1. The van der Waals surface area contributed by atoms with E-state index in [9.17, 15) is 18.0 Å². The Bertz CT molecular complexity index is 1070. The van der Waals surface area contributed by atoms with Gasteiger partial charge in [-0.1, -0.05) is 31.2 Å². The monoisotopic (exact) mass is 459 g/mol.